The maximum atomic E-state index is 12.8. The molecule has 4 rings (SSSR count). The largest absolute Gasteiger partial charge is 0.496 e. The van der Waals surface area contributed by atoms with Crippen molar-refractivity contribution in [2.45, 2.75) is 6.54 Å². The highest BCUT2D eigenvalue weighted by Crippen LogP contribution is 2.37. The van der Waals surface area contributed by atoms with Crippen LogP contribution in [0, 0.1) is 13.7 Å². The molecule has 0 radical (unpaired) electrons. The number of ether oxygens (including phenoxy) is 1. The summed E-state index contributed by atoms with van der Waals surface area (Å²) in [6.07, 6.45) is 1.49. The van der Waals surface area contributed by atoms with Gasteiger partial charge in [0.25, 0.3) is 16.8 Å². The molecule has 2 heterocycles. The standard InChI is InChI=1S/C22H15IN2O6S/c1-30-18-8-6-15(25(28)29)10-17(18)19-9-7-16(31-19)11-20-21(26)24(22(27)32-20)12-13-2-4-14(23)5-3-13/h2-11H,12H2,1H3/b20-11-. The first-order chi connectivity index (χ1) is 15.4. The van der Waals surface area contributed by atoms with Crippen molar-refractivity contribution in [1.82, 2.24) is 4.90 Å². The summed E-state index contributed by atoms with van der Waals surface area (Å²) in [6.45, 7) is 0.188. The molecule has 1 fully saturated rings. The molecule has 8 nitrogen and oxygen atoms in total. The normalized spacial score (nSPS) is 14.9. The number of nitrogens with zero attached hydrogens (tertiary/aromatic N) is 2. The van der Waals surface area contributed by atoms with Gasteiger partial charge in [0, 0.05) is 21.8 Å². The molecule has 1 saturated heterocycles. The zero-order chi connectivity index (χ0) is 22.8. The number of rotatable bonds is 6. The molecule has 0 bridgehead atoms. The second-order valence-corrected chi connectivity index (χ2v) is 8.98. The third-order valence-electron chi connectivity index (χ3n) is 4.69. The Bertz CT molecular complexity index is 1250. The summed E-state index contributed by atoms with van der Waals surface area (Å²) in [6, 6.07) is 15.0. The third-order valence-corrected chi connectivity index (χ3v) is 6.31. The lowest BCUT2D eigenvalue weighted by Crippen LogP contribution is -2.27. The maximum Gasteiger partial charge on any atom is 0.293 e. The van der Waals surface area contributed by atoms with Crippen LogP contribution in [0.3, 0.4) is 0 Å². The Balaban J connectivity index is 1.58. The van der Waals surface area contributed by atoms with Crippen LogP contribution in [0.2, 0.25) is 0 Å². The van der Waals surface area contributed by atoms with E-state index in [1.54, 1.807) is 12.1 Å². The van der Waals surface area contributed by atoms with Crippen LogP contribution in [0.5, 0.6) is 5.75 Å². The smallest absolute Gasteiger partial charge is 0.293 e. The van der Waals surface area contributed by atoms with Crippen molar-refractivity contribution < 1.29 is 23.7 Å². The predicted molar refractivity (Wildman–Crippen MR) is 128 cm³/mol. The predicted octanol–water partition coefficient (Wildman–Crippen LogP) is 5.70. The van der Waals surface area contributed by atoms with Gasteiger partial charge in [-0.1, -0.05) is 12.1 Å². The molecule has 162 valence electrons. The van der Waals surface area contributed by atoms with Gasteiger partial charge in [-0.25, -0.2) is 0 Å². The molecule has 1 aromatic heterocycles. The van der Waals surface area contributed by atoms with E-state index >= 15 is 0 Å². The van der Waals surface area contributed by atoms with Crippen LogP contribution in [-0.4, -0.2) is 28.1 Å². The van der Waals surface area contributed by atoms with Gasteiger partial charge in [0.05, 0.1) is 29.0 Å². The van der Waals surface area contributed by atoms with E-state index in [4.69, 9.17) is 9.15 Å². The SMILES string of the molecule is COc1ccc([N+](=O)[O-])cc1-c1ccc(/C=C2\SC(=O)N(Cc3ccc(I)cc3)C2=O)o1. The molecule has 1 aliphatic rings. The van der Waals surface area contributed by atoms with Crippen LogP contribution in [0.4, 0.5) is 10.5 Å². The number of halogens is 1. The summed E-state index contributed by atoms with van der Waals surface area (Å²) in [5, 5.41) is 10.8. The zero-order valence-corrected chi connectivity index (χ0v) is 19.6. The number of nitro benzene ring substituents is 1. The molecule has 0 aliphatic carbocycles. The van der Waals surface area contributed by atoms with Crippen LogP contribution >= 0.6 is 34.4 Å². The Morgan fingerprint density at radius 2 is 1.91 bits per heavy atom. The molecule has 0 spiro atoms. The van der Waals surface area contributed by atoms with E-state index in [0.717, 1.165) is 20.9 Å². The minimum absolute atomic E-state index is 0.101. The first-order valence-electron chi connectivity index (χ1n) is 9.28. The van der Waals surface area contributed by atoms with Gasteiger partial charge in [-0.2, -0.15) is 0 Å². The number of hydrogen-bond donors (Lipinski definition) is 0. The summed E-state index contributed by atoms with van der Waals surface area (Å²) >= 11 is 3.03. The molecule has 3 aromatic rings. The molecule has 0 saturated carbocycles. The number of hydrogen-bond acceptors (Lipinski definition) is 7. The third kappa shape index (κ3) is 4.55. The monoisotopic (exact) mass is 562 g/mol. The van der Waals surface area contributed by atoms with Crippen LogP contribution in [0.25, 0.3) is 17.4 Å². The number of imide groups is 1. The highest BCUT2D eigenvalue weighted by molar-refractivity contribution is 14.1. The van der Waals surface area contributed by atoms with Gasteiger partial charge >= 0.3 is 0 Å². The number of furan rings is 1. The minimum Gasteiger partial charge on any atom is -0.496 e. The quantitative estimate of drug-likeness (QED) is 0.164. The molecule has 1 aliphatic heterocycles. The summed E-state index contributed by atoms with van der Waals surface area (Å²) < 4.78 is 12.1. The number of carbonyl (C=O) groups is 2. The van der Waals surface area contributed by atoms with Crippen LogP contribution in [-0.2, 0) is 11.3 Å². The summed E-state index contributed by atoms with van der Waals surface area (Å²) in [4.78, 5) is 37.2. The van der Waals surface area contributed by atoms with Gasteiger partial charge in [0.1, 0.15) is 17.3 Å². The molecule has 2 amide bonds. The molecule has 32 heavy (non-hydrogen) atoms. The van der Waals surface area contributed by atoms with E-state index in [1.807, 2.05) is 24.3 Å². The van der Waals surface area contributed by atoms with Crippen molar-refractivity contribution in [1.29, 1.82) is 0 Å². The first kappa shape index (κ1) is 22.1. The number of amides is 2. The van der Waals surface area contributed by atoms with E-state index in [9.17, 15) is 19.7 Å². The fraction of sp³-hybridized carbons (Fsp3) is 0.0909. The summed E-state index contributed by atoms with van der Waals surface area (Å²) in [5.41, 5.74) is 1.16. The number of thioether (sulfide) groups is 1. The van der Waals surface area contributed by atoms with Gasteiger partial charge in [0.15, 0.2) is 0 Å². The second-order valence-electron chi connectivity index (χ2n) is 6.74. The molecular weight excluding hydrogens is 547 g/mol. The average Bonchev–Trinajstić information content (AvgIpc) is 3.35. The van der Waals surface area contributed by atoms with E-state index in [-0.39, 0.29) is 22.4 Å². The average molecular weight is 562 g/mol. The van der Waals surface area contributed by atoms with Gasteiger partial charge in [0.2, 0.25) is 0 Å². The Morgan fingerprint density at radius 3 is 2.59 bits per heavy atom. The number of carbonyl (C=O) groups excluding carboxylic acids is 2. The second kappa shape index (κ2) is 9.17. The Kier molecular flexibility index (Phi) is 6.33. The fourth-order valence-electron chi connectivity index (χ4n) is 3.12. The van der Waals surface area contributed by atoms with E-state index in [2.05, 4.69) is 22.6 Å². The molecule has 0 unspecified atom stereocenters. The highest BCUT2D eigenvalue weighted by atomic mass is 127. The van der Waals surface area contributed by atoms with Gasteiger partial charge < -0.3 is 9.15 Å². The minimum atomic E-state index is -0.504. The van der Waals surface area contributed by atoms with Crippen molar-refractivity contribution >= 4 is 57.3 Å². The van der Waals surface area contributed by atoms with Crippen LogP contribution in [0.1, 0.15) is 11.3 Å². The maximum absolute atomic E-state index is 12.8. The lowest BCUT2D eigenvalue weighted by atomic mass is 10.1. The summed E-state index contributed by atoms with van der Waals surface area (Å²) in [7, 11) is 1.46. The van der Waals surface area contributed by atoms with Crippen molar-refractivity contribution in [2.75, 3.05) is 7.11 Å². The Hall–Kier alpha value is -3.12. The van der Waals surface area contributed by atoms with E-state index < -0.39 is 10.8 Å². The molecule has 0 atom stereocenters. The number of non-ortho nitro benzene ring substituents is 1. The van der Waals surface area contributed by atoms with Crippen molar-refractivity contribution in [3.05, 3.63) is 84.5 Å². The number of benzene rings is 2. The summed E-state index contributed by atoms with van der Waals surface area (Å²) in [5.74, 6) is 0.696. The topological polar surface area (TPSA) is 103 Å². The highest BCUT2D eigenvalue weighted by Gasteiger charge is 2.35. The lowest BCUT2D eigenvalue weighted by molar-refractivity contribution is -0.384. The lowest BCUT2D eigenvalue weighted by Gasteiger charge is -2.12. The molecule has 2 aromatic carbocycles. The Labute approximate surface area is 200 Å². The molecule has 10 heteroatoms. The van der Waals surface area contributed by atoms with Gasteiger partial charge in [-0.05, 0) is 70.2 Å². The van der Waals surface area contributed by atoms with Gasteiger partial charge in [-0.3, -0.25) is 24.6 Å². The zero-order valence-electron chi connectivity index (χ0n) is 16.6. The van der Waals surface area contributed by atoms with Crippen LogP contribution in [0.15, 0.2) is 63.9 Å². The fourth-order valence-corrected chi connectivity index (χ4v) is 4.29. The van der Waals surface area contributed by atoms with E-state index in [0.29, 0.717) is 22.8 Å². The van der Waals surface area contributed by atoms with Crippen molar-refractivity contribution in [2.24, 2.45) is 0 Å². The van der Waals surface area contributed by atoms with Crippen LogP contribution < -0.4 is 4.74 Å². The van der Waals surface area contributed by atoms with Crippen molar-refractivity contribution in [3.8, 4) is 17.1 Å². The number of nitro groups is 1. The van der Waals surface area contributed by atoms with Gasteiger partial charge in [-0.15, -0.1) is 0 Å². The molecule has 0 N–H and O–H groups in total. The Morgan fingerprint density at radius 1 is 1.16 bits per heavy atom. The molecular formula is C22H15IN2O6S. The van der Waals surface area contributed by atoms with Crippen molar-refractivity contribution in [3.63, 3.8) is 0 Å². The first-order valence-corrected chi connectivity index (χ1v) is 11.2. The van der Waals surface area contributed by atoms with E-state index in [1.165, 1.54) is 36.3 Å². The number of methoxy groups -OCH3 is 1.